The number of aromatic nitrogens is 2. The molecule has 0 saturated heterocycles. The van der Waals surface area contributed by atoms with Crippen LogP contribution in [-0.4, -0.2) is 35.6 Å². The van der Waals surface area contributed by atoms with E-state index in [4.69, 9.17) is 4.98 Å². The van der Waals surface area contributed by atoms with Crippen molar-refractivity contribution in [3.05, 3.63) is 95.3 Å². The summed E-state index contributed by atoms with van der Waals surface area (Å²) in [4.78, 5) is 20.0. The van der Waals surface area contributed by atoms with Crippen molar-refractivity contribution in [2.75, 3.05) is 21.1 Å². The van der Waals surface area contributed by atoms with Gasteiger partial charge in [0.1, 0.15) is 0 Å². The van der Waals surface area contributed by atoms with Crippen LogP contribution in [0, 0.1) is 0 Å². The van der Waals surface area contributed by atoms with Crippen LogP contribution in [0.1, 0.15) is 17.7 Å². The Kier molecular flexibility index (Phi) is 7.66. The Bertz CT molecular complexity index is 1230. The van der Waals surface area contributed by atoms with E-state index in [0.717, 1.165) is 27.0 Å². The Hall–Kier alpha value is -2.89. The number of benzene rings is 3. The van der Waals surface area contributed by atoms with Gasteiger partial charge in [-0.2, -0.15) is 0 Å². The quantitative estimate of drug-likeness (QED) is 0.174. The second-order valence-electron chi connectivity index (χ2n) is 7.69. The molecule has 0 aliphatic heterocycles. The van der Waals surface area contributed by atoms with Gasteiger partial charge in [-0.05, 0) is 56.5 Å². The van der Waals surface area contributed by atoms with E-state index in [2.05, 4.69) is 18.7 Å². The summed E-state index contributed by atoms with van der Waals surface area (Å²) in [6.45, 7) is 6.54. The molecule has 1 unspecified atom stereocenters. The molecule has 0 saturated carbocycles. The van der Waals surface area contributed by atoms with Crippen LogP contribution in [0.3, 0.4) is 0 Å². The summed E-state index contributed by atoms with van der Waals surface area (Å²) in [7, 11) is 6.00. The van der Waals surface area contributed by atoms with Gasteiger partial charge in [-0.1, -0.05) is 72.4 Å². The van der Waals surface area contributed by atoms with Gasteiger partial charge in [0.05, 0.1) is 16.2 Å². The lowest BCUT2D eigenvalue weighted by molar-refractivity contribution is 0.505. The van der Waals surface area contributed by atoms with Crippen LogP contribution in [0.25, 0.3) is 21.7 Å². The summed E-state index contributed by atoms with van der Waals surface area (Å²) < 4.78 is 1.75. The number of rotatable bonds is 5. The van der Waals surface area contributed by atoms with Crippen molar-refractivity contribution in [2.45, 2.75) is 23.9 Å². The van der Waals surface area contributed by atoms with E-state index in [0.29, 0.717) is 11.9 Å². The minimum Gasteiger partial charge on any atom is -0.312 e. The van der Waals surface area contributed by atoms with Crippen LogP contribution in [0.4, 0.5) is 0 Å². The topological polar surface area (TPSA) is 38.1 Å². The van der Waals surface area contributed by atoms with Crippen LogP contribution in [0.5, 0.6) is 0 Å². The first-order valence-corrected chi connectivity index (χ1v) is 11.2. The minimum atomic E-state index is 0.00614. The standard InChI is InChI=1S/C23H20N2OS.C3H9N/c1-3-21(16-10-6-5-7-11-16)27-23-24-20-15-18-13-9-8-12-17(18)14-19(20)22(26)25(23)4-2;1-4(2)3/h3,5-15,21H,1,4H2,2H3;1-3H3. The van der Waals surface area contributed by atoms with E-state index < -0.39 is 0 Å². The molecule has 0 amide bonds. The molecule has 0 N–H and O–H groups in total. The maximum atomic E-state index is 13.1. The van der Waals surface area contributed by atoms with Crippen LogP contribution >= 0.6 is 11.8 Å². The number of fused-ring (bicyclic) bond motifs is 2. The van der Waals surface area contributed by atoms with Crippen molar-refractivity contribution < 1.29 is 0 Å². The zero-order valence-corrected chi connectivity index (χ0v) is 19.4. The van der Waals surface area contributed by atoms with Crippen LogP contribution in [0.2, 0.25) is 0 Å². The van der Waals surface area contributed by atoms with Gasteiger partial charge in [0.2, 0.25) is 0 Å². The predicted molar refractivity (Wildman–Crippen MR) is 134 cm³/mol. The molecule has 1 heterocycles. The Morgan fingerprint density at radius 3 is 2.19 bits per heavy atom. The molecule has 31 heavy (non-hydrogen) atoms. The fourth-order valence-electron chi connectivity index (χ4n) is 3.27. The molecular weight excluding hydrogens is 402 g/mol. The van der Waals surface area contributed by atoms with E-state index in [1.807, 2.05) is 93.6 Å². The molecule has 0 aliphatic carbocycles. The zero-order valence-electron chi connectivity index (χ0n) is 18.6. The summed E-state index contributed by atoms with van der Waals surface area (Å²) in [5.74, 6) is 0. The number of hydrogen-bond acceptors (Lipinski definition) is 4. The largest absolute Gasteiger partial charge is 0.312 e. The van der Waals surface area contributed by atoms with Crippen LogP contribution in [-0.2, 0) is 6.54 Å². The van der Waals surface area contributed by atoms with Gasteiger partial charge in [-0.15, -0.1) is 6.58 Å². The smallest absolute Gasteiger partial charge is 0.262 e. The summed E-state index contributed by atoms with van der Waals surface area (Å²) in [6.07, 6.45) is 1.90. The van der Waals surface area contributed by atoms with E-state index in [9.17, 15) is 4.79 Å². The maximum Gasteiger partial charge on any atom is 0.262 e. The van der Waals surface area contributed by atoms with Gasteiger partial charge in [0, 0.05) is 6.54 Å². The molecular formula is C26H29N3OS. The number of nitrogens with zero attached hydrogens (tertiary/aromatic N) is 3. The van der Waals surface area contributed by atoms with Crippen LogP contribution in [0.15, 0.2) is 89.3 Å². The first-order chi connectivity index (χ1) is 14.9. The van der Waals surface area contributed by atoms with Gasteiger partial charge in [0.25, 0.3) is 5.56 Å². The molecule has 0 aliphatic rings. The normalized spacial score (nSPS) is 11.9. The molecule has 160 valence electrons. The van der Waals surface area contributed by atoms with Crippen molar-refractivity contribution in [1.29, 1.82) is 0 Å². The van der Waals surface area contributed by atoms with Crippen molar-refractivity contribution in [2.24, 2.45) is 0 Å². The van der Waals surface area contributed by atoms with Crippen molar-refractivity contribution in [1.82, 2.24) is 14.5 Å². The summed E-state index contributed by atoms with van der Waals surface area (Å²) in [5.41, 5.74) is 1.89. The van der Waals surface area contributed by atoms with Gasteiger partial charge >= 0.3 is 0 Å². The highest BCUT2D eigenvalue weighted by Gasteiger charge is 2.16. The van der Waals surface area contributed by atoms with Crippen molar-refractivity contribution in [3.63, 3.8) is 0 Å². The number of hydrogen-bond donors (Lipinski definition) is 0. The maximum absolute atomic E-state index is 13.1. The number of thioether (sulfide) groups is 1. The molecule has 0 fully saturated rings. The van der Waals surface area contributed by atoms with Crippen molar-refractivity contribution >= 4 is 33.4 Å². The SMILES string of the molecule is C=CC(Sc1nc2cc3ccccc3cc2c(=O)n1CC)c1ccccc1.CN(C)C. The molecule has 0 bridgehead atoms. The molecule has 1 aromatic heterocycles. The molecule has 4 aromatic rings. The fourth-order valence-corrected chi connectivity index (χ4v) is 4.37. The van der Waals surface area contributed by atoms with Gasteiger partial charge in [-0.25, -0.2) is 4.98 Å². The lowest BCUT2D eigenvalue weighted by Crippen LogP contribution is -2.22. The molecule has 5 heteroatoms. The van der Waals surface area contributed by atoms with E-state index in [-0.39, 0.29) is 10.8 Å². The zero-order chi connectivity index (χ0) is 22.4. The average Bonchev–Trinajstić information content (AvgIpc) is 2.77. The van der Waals surface area contributed by atoms with Crippen molar-refractivity contribution in [3.8, 4) is 0 Å². The Balaban J connectivity index is 0.000000628. The fraction of sp³-hybridized carbons (Fsp3) is 0.231. The highest BCUT2D eigenvalue weighted by atomic mass is 32.2. The summed E-state index contributed by atoms with van der Waals surface area (Å²) in [5, 5.41) is 3.56. The van der Waals surface area contributed by atoms with Crippen LogP contribution < -0.4 is 5.56 Å². The Morgan fingerprint density at radius 1 is 1.03 bits per heavy atom. The third-order valence-corrected chi connectivity index (χ3v) is 5.92. The second-order valence-corrected chi connectivity index (χ2v) is 8.80. The molecule has 0 spiro atoms. The predicted octanol–water partition coefficient (Wildman–Crippen LogP) is 5.77. The monoisotopic (exact) mass is 431 g/mol. The molecule has 3 aromatic carbocycles. The van der Waals surface area contributed by atoms with E-state index in [1.54, 1.807) is 16.3 Å². The first-order valence-electron chi connectivity index (χ1n) is 10.3. The van der Waals surface area contributed by atoms with E-state index >= 15 is 0 Å². The third kappa shape index (κ3) is 5.43. The summed E-state index contributed by atoms with van der Waals surface area (Å²) in [6, 6.07) is 22.2. The Morgan fingerprint density at radius 2 is 1.61 bits per heavy atom. The first kappa shape index (κ1) is 22.8. The molecule has 4 rings (SSSR count). The Labute approximate surface area is 188 Å². The average molecular weight is 432 g/mol. The van der Waals surface area contributed by atoms with Gasteiger partial charge in [0.15, 0.2) is 5.16 Å². The molecule has 0 radical (unpaired) electrons. The minimum absolute atomic E-state index is 0.00614. The molecule has 4 nitrogen and oxygen atoms in total. The molecule has 1 atom stereocenters. The third-order valence-electron chi connectivity index (χ3n) is 4.68. The highest BCUT2D eigenvalue weighted by molar-refractivity contribution is 7.99. The lowest BCUT2D eigenvalue weighted by atomic mass is 10.1. The van der Waals surface area contributed by atoms with E-state index in [1.165, 1.54) is 0 Å². The lowest BCUT2D eigenvalue weighted by Gasteiger charge is -2.16. The summed E-state index contributed by atoms with van der Waals surface area (Å²) >= 11 is 1.56. The second kappa shape index (κ2) is 10.4. The van der Waals surface area contributed by atoms with Gasteiger partial charge < -0.3 is 4.90 Å². The van der Waals surface area contributed by atoms with Gasteiger partial charge in [-0.3, -0.25) is 9.36 Å². The highest BCUT2D eigenvalue weighted by Crippen LogP contribution is 2.35.